The molecule has 2 amide bonds. The van der Waals surface area contributed by atoms with Crippen LogP contribution >= 0.6 is 0 Å². The highest BCUT2D eigenvalue weighted by Gasteiger charge is 2.20. The van der Waals surface area contributed by atoms with Gasteiger partial charge in [-0.15, -0.1) is 0 Å². The number of amides is 2. The molecule has 0 saturated carbocycles. The van der Waals surface area contributed by atoms with Crippen LogP contribution in [-0.2, 0) is 9.59 Å². The van der Waals surface area contributed by atoms with E-state index >= 15 is 0 Å². The van der Waals surface area contributed by atoms with E-state index in [4.69, 9.17) is 0 Å². The first-order chi connectivity index (χ1) is 7.93. The number of carbonyl (C=O) groups excluding carboxylic acids is 2. The number of hydrogen-bond acceptors (Lipinski definition) is 2. The van der Waals surface area contributed by atoms with E-state index in [1.165, 1.54) is 6.92 Å². The summed E-state index contributed by atoms with van der Waals surface area (Å²) < 4.78 is 0. The van der Waals surface area contributed by atoms with Crippen LogP contribution in [0.1, 0.15) is 47.5 Å². The molecule has 0 spiro atoms. The fourth-order valence-corrected chi connectivity index (χ4v) is 1.80. The predicted octanol–water partition coefficient (Wildman–Crippen LogP) is 1.89. The summed E-state index contributed by atoms with van der Waals surface area (Å²) in [5.74, 6) is 0.0129. The molecule has 0 aromatic heterocycles. The van der Waals surface area contributed by atoms with Crippen LogP contribution in [0.4, 0.5) is 0 Å². The van der Waals surface area contributed by atoms with Gasteiger partial charge >= 0.3 is 0 Å². The number of rotatable bonds is 7. The summed E-state index contributed by atoms with van der Waals surface area (Å²) in [6.45, 7) is 11.2. The third-order valence-electron chi connectivity index (χ3n) is 2.67. The Hall–Kier alpha value is -1.06. The quantitative estimate of drug-likeness (QED) is 0.684. The van der Waals surface area contributed by atoms with Crippen LogP contribution in [0.15, 0.2) is 0 Å². The molecule has 17 heavy (non-hydrogen) atoms. The lowest BCUT2D eigenvalue weighted by atomic mass is 10.3. The Morgan fingerprint density at radius 3 is 1.82 bits per heavy atom. The van der Waals surface area contributed by atoms with Gasteiger partial charge in [0.2, 0.25) is 11.8 Å². The summed E-state index contributed by atoms with van der Waals surface area (Å²) in [6.07, 6.45) is 1.90. The molecule has 0 atom stereocenters. The van der Waals surface area contributed by atoms with Crippen molar-refractivity contribution in [2.75, 3.05) is 19.6 Å². The van der Waals surface area contributed by atoms with Crippen molar-refractivity contribution in [3.05, 3.63) is 0 Å². The molecule has 0 heterocycles. The minimum Gasteiger partial charge on any atom is -0.341 e. The van der Waals surface area contributed by atoms with Gasteiger partial charge in [0.1, 0.15) is 0 Å². The highest BCUT2D eigenvalue weighted by Crippen LogP contribution is 2.02. The van der Waals surface area contributed by atoms with Crippen molar-refractivity contribution in [1.29, 1.82) is 0 Å². The van der Waals surface area contributed by atoms with Crippen LogP contribution in [0.3, 0.4) is 0 Å². The molecule has 4 heteroatoms. The zero-order valence-corrected chi connectivity index (χ0v) is 11.8. The van der Waals surface area contributed by atoms with Gasteiger partial charge in [-0.25, -0.2) is 0 Å². The first kappa shape index (κ1) is 15.9. The number of carbonyl (C=O) groups is 2. The monoisotopic (exact) mass is 242 g/mol. The maximum absolute atomic E-state index is 12.1. The minimum atomic E-state index is -0.0405. The Labute approximate surface area is 105 Å². The van der Waals surface area contributed by atoms with Crippen LogP contribution in [0.5, 0.6) is 0 Å². The second kappa shape index (κ2) is 8.09. The van der Waals surface area contributed by atoms with Crippen molar-refractivity contribution in [3.8, 4) is 0 Å². The second-order valence-electron chi connectivity index (χ2n) is 4.62. The van der Waals surface area contributed by atoms with Gasteiger partial charge < -0.3 is 9.80 Å². The lowest BCUT2D eigenvalue weighted by molar-refractivity contribution is -0.140. The third kappa shape index (κ3) is 5.71. The van der Waals surface area contributed by atoms with E-state index in [9.17, 15) is 9.59 Å². The Morgan fingerprint density at radius 2 is 1.53 bits per heavy atom. The van der Waals surface area contributed by atoms with Gasteiger partial charge in [0.05, 0.1) is 6.54 Å². The SMILES string of the molecule is CCCN(CCC)C(=O)CN(C(C)=O)C(C)C. The van der Waals surface area contributed by atoms with Crippen molar-refractivity contribution in [2.45, 2.75) is 53.5 Å². The van der Waals surface area contributed by atoms with Crippen LogP contribution < -0.4 is 0 Å². The number of hydrogen-bond donors (Lipinski definition) is 0. The molecule has 0 unspecified atom stereocenters. The fourth-order valence-electron chi connectivity index (χ4n) is 1.80. The van der Waals surface area contributed by atoms with E-state index in [-0.39, 0.29) is 24.4 Å². The molecule has 0 radical (unpaired) electrons. The normalized spacial score (nSPS) is 10.5. The molecular formula is C13H26N2O2. The fraction of sp³-hybridized carbons (Fsp3) is 0.846. The summed E-state index contributed by atoms with van der Waals surface area (Å²) in [7, 11) is 0. The minimum absolute atomic E-state index is 0.0405. The van der Waals surface area contributed by atoms with Crippen LogP contribution in [-0.4, -0.2) is 47.3 Å². The van der Waals surface area contributed by atoms with Crippen molar-refractivity contribution in [2.24, 2.45) is 0 Å². The topological polar surface area (TPSA) is 40.6 Å². The van der Waals surface area contributed by atoms with E-state index in [2.05, 4.69) is 13.8 Å². The Kier molecular flexibility index (Phi) is 7.59. The summed E-state index contributed by atoms with van der Waals surface area (Å²) in [4.78, 5) is 26.9. The summed E-state index contributed by atoms with van der Waals surface area (Å²) in [5, 5.41) is 0. The Balaban J connectivity index is 4.50. The molecule has 0 aromatic carbocycles. The summed E-state index contributed by atoms with van der Waals surface area (Å²) >= 11 is 0. The van der Waals surface area contributed by atoms with Crippen molar-refractivity contribution in [1.82, 2.24) is 9.80 Å². The maximum Gasteiger partial charge on any atom is 0.242 e. The molecule has 0 rings (SSSR count). The van der Waals surface area contributed by atoms with Gasteiger partial charge in [-0.1, -0.05) is 13.8 Å². The molecule has 0 aliphatic carbocycles. The van der Waals surface area contributed by atoms with Gasteiger partial charge in [-0.05, 0) is 26.7 Å². The lowest BCUT2D eigenvalue weighted by Crippen LogP contribution is -2.45. The van der Waals surface area contributed by atoms with Crippen molar-refractivity contribution >= 4 is 11.8 Å². The van der Waals surface area contributed by atoms with Gasteiger partial charge in [-0.2, -0.15) is 0 Å². The molecule has 0 N–H and O–H groups in total. The summed E-state index contributed by atoms with van der Waals surface area (Å²) in [5.41, 5.74) is 0. The van der Waals surface area contributed by atoms with E-state index in [1.807, 2.05) is 18.7 Å². The van der Waals surface area contributed by atoms with Gasteiger partial charge in [0.25, 0.3) is 0 Å². The summed E-state index contributed by atoms with van der Waals surface area (Å²) in [6, 6.07) is 0.0709. The van der Waals surface area contributed by atoms with E-state index in [0.717, 1.165) is 25.9 Å². The Morgan fingerprint density at radius 1 is 1.06 bits per heavy atom. The van der Waals surface area contributed by atoms with E-state index in [1.54, 1.807) is 4.90 Å². The molecule has 100 valence electrons. The third-order valence-corrected chi connectivity index (χ3v) is 2.67. The second-order valence-corrected chi connectivity index (χ2v) is 4.62. The number of nitrogens with zero attached hydrogens (tertiary/aromatic N) is 2. The molecule has 0 fully saturated rings. The van der Waals surface area contributed by atoms with E-state index < -0.39 is 0 Å². The largest absolute Gasteiger partial charge is 0.341 e. The molecular weight excluding hydrogens is 216 g/mol. The van der Waals surface area contributed by atoms with Gasteiger partial charge in [-0.3, -0.25) is 9.59 Å². The van der Waals surface area contributed by atoms with Crippen LogP contribution in [0.25, 0.3) is 0 Å². The van der Waals surface area contributed by atoms with E-state index in [0.29, 0.717) is 0 Å². The average molecular weight is 242 g/mol. The zero-order chi connectivity index (χ0) is 13.4. The first-order valence-electron chi connectivity index (χ1n) is 6.48. The highest BCUT2D eigenvalue weighted by atomic mass is 16.2. The molecule has 4 nitrogen and oxygen atoms in total. The molecule has 0 aliphatic heterocycles. The van der Waals surface area contributed by atoms with Gasteiger partial charge in [0.15, 0.2) is 0 Å². The van der Waals surface area contributed by atoms with Crippen LogP contribution in [0.2, 0.25) is 0 Å². The van der Waals surface area contributed by atoms with Crippen molar-refractivity contribution in [3.63, 3.8) is 0 Å². The van der Waals surface area contributed by atoms with Crippen molar-refractivity contribution < 1.29 is 9.59 Å². The average Bonchev–Trinajstić information content (AvgIpc) is 2.24. The smallest absolute Gasteiger partial charge is 0.242 e. The standard InChI is InChI=1S/C13H26N2O2/c1-6-8-14(9-7-2)13(17)10-15(11(3)4)12(5)16/h11H,6-10H2,1-5H3. The maximum atomic E-state index is 12.1. The molecule has 0 aliphatic rings. The molecule has 0 aromatic rings. The van der Waals surface area contributed by atoms with Gasteiger partial charge in [0, 0.05) is 26.1 Å². The lowest BCUT2D eigenvalue weighted by Gasteiger charge is -2.29. The van der Waals surface area contributed by atoms with Crippen LogP contribution in [0, 0.1) is 0 Å². The zero-order valence-electron chi connectivity index (χ0n) is 11.8. The predicted molar refractivity (Wildman–Crippen MR) is 69.7 cm³/mol. The Bertz CT molecular complexity index is 246. The first-order valence-corrected chi connectivity index (χ1v) is 6.48. The molecule has 0 saturated heterocycles. The highest BCUT2D eigenvalue weighted by molar-refractivity contribution is 5.84. The molecule has 0 bridgehead atoms.